The quantitative estimate of drug-likeness (QED) is 0.914. The fourth-order valence-corrected chi connectivity index (χ4v) is 2.90. The Kier molecular flexibility index (Phi) is 4.29. The van der Waals surface area contributed by atoms with Crippen molar-refractivity contribution in [2.75, 3.05) is 13.1 Å². The Morgan fingerprint density at radius 2 is 2.18 bits per heavy atom. The molecule has 0 bridgehead atoms. The molecule has 0 radical (unpaired) electrons. The molecule has 0 fully saturated rings. The van der Waals surface area contributed by atoms with Crippen molar-refractivity contribution in [2.24, 2.45) is 4.99 Å². The van der Waals surface area contributed by atoms with Gasteiger partial charge in [0, 0.05) is 29.9 Å². The van der Waals surface area contributed by atoms with Crippen LogP contribution in [0.5, 0.6) is 5.75 Å². The molecular weight excluding hydrogens is 298 g/mol. The normalized spacial score (nSPS) is 15.8. The Morgan fingerprint density at radius 3 is 2.86 bits per heavy atom. The van der Waals surface area contributed by atoms with Crippen LogP contribution in [0, 0.1) is 6.92 Å². The number of nitrogens with zero attached hydrogens (tertiary/aromatic N) is 2. The molecule has 1 aliphatic rings. The number of hydrogen-bond acceptors (Lipinski definition) is 4. The number of pyridine rings is 1. The average molecular weight is 316 g/mol. The summed E-state index contributed by atoms with van der Waals surface area (Å²) in [6, 6.07) is 9.12. The van der Waals surface area contributed by atoms with E-state index in [2.05, 4.69) is 15.3 Å². The van der Waals surface area contributed by atoms with Gasteiger partial charge in [-0.05, 0) is 37.1 Å². The number of aryl methyl sites for hydroxylation is 1. The lowest BCUT2D eigenvalue weighted by molar-refractivity contribution is 0.467. The van der Waals surface area contributed by atoms with Gasteiger partial charge in [0.15, 0.2) is 0 Å². The van der Waals surface area contributed by atoms with Gasteiger partial charge in [-0.1, -0.05) is 23.7 Å². The van der Waals surface area contributed by atoms with E-state index < -0.39 is 0 Å². The van der Waals surface area contributed by atoms with Crippen molar-refractivity contribution in [3.8, 4) is 5.75 Å². The van der Waals surface area contributed by atoms with Crippen molar-refractivity contribution in [2.45, 2.75) is 19.3 Å². The zero-order valence-corrected chi connectivity index (χ0v) is 13.1. The van der Waals surface area contributed by atoms with E-state index in [9.17, 15) is 5.11 Å². The van der Waals surface area contributed by atoms with Gasteiger partial charge in [-0.3, -0.25) is 9.98 Å². The Balaban J connectivity index is 2.14. The lowest BCUT2D eigenvalue weighted by atomic mass is 9.90. The van der Waals surface area contributed by atoms with E-state index in [1.165, 1.54) is 0 Å². The van der Waals surface area contributed by atoms with Crippen LogP contribution in [-0.2, 0) is 0 Å². The number of aromatic hydroxyl groups is 1. The summed E-state index contributed by atoms with van der Waals surface area (Å²) in [5.41, 5.74) is 2.73. The molecule has 1 aromatic heterocycles. The highest BCUT2D eigenvalue weighted by Gasteiger charge is 2.27. The van der Waals surface area contributed by atoms with E-state index in [4.69, 9.17) is 11.6 Å². The van der Waals surface area contributed by atoms with Crippen molar-refractivity contribution in [1.82, 2.24) is 10.3 Å². The number of benzene rings is 1. The summed E-state index contributed by atoms with van der Waals surface area (Å²) in [6.45, 7) is 3.69. The molecule has 5 heteroatoms. The predicted molar refractivity (Wildman–Crippen MR) is 88.9 cm³/mol. The average Bonchev–Trinajstić information content (AvgIpc) is 2.52. The molecule has 3 rings (SSSR count). The molecule has 0 aliphatic carbocycles. The summed E-state index contributed by atoms with van der Waals surface area (Å²) in [7, 11) is 0. The molecule has 0 amide bonds. The number of aliphatic imine (C=N–C) groups is 1. The van der Waals surface area contributed by atoms with Crippen LogP contribution in [0.1, 0.15) is 29.2 Å². The van der Waals surface area contributed by atoms with Crippen LogP contribution in [0.2, 0.25) is 5.02 Å². The number of phenols is 1. The Hall–Kier alpha value is -2.07. The van der Waals surface area contributed by atoms with E-state index in [-0.39, 0.29) is 11.7 Å². The zero-order chi connectivity index (χ0) is 15.5. The molecule has 2 heterocycles. The van der Waals surface area contributed by atoms with Crippen LogP contribution in [0.4, 0.5) is 0 Å². The molecule has 1 atom stereocenters. The predicted octanol–water partition coefficient (Wildman–Crippen LogP) is 3.27. The van der Waals surface area contributed by atoms with E-state index in [1.54, 1.807) is 18.3 Å². The molecule has 22 heavy (non-hydrogen) atoms. The summed E-state index contributed by atoms with van der Waals surface area (Å²) in [4.78, 5) is 9.14. The maximum atomic E-state index is 10.3. The van der Waals surface area contributed by atoms with Crippen LogP contribution in [-0.4, -0.2) is 29.0 Å². The minimum atomic E-state index is -0.209. The summed E-state index contributed by atoms with van der Waals surface area (Å²) >= 11 is 5.96. The second kappa shape index (κ2) is 6.36. The molecule has 1 aliphatic heterocycles. The van der Waals surface area contributed by atoms with Gasteiger partial charge in [0.1, 0.15) is 11.6 Å². The van der Waals surface area contributed by atoms with E-state index in [1.807, 2.05) is 25.1 Å². The van der Waals surface area contributed by atoms with Gasteiger partial charge in [-0.25, -0.2) is 0 Å². The third kappa shape index (κ3) is 2.92. The first-order chi connectivity index (χ1) is 10.7. The maximum absolute atomic E-state index is 10.3. The number of nitrogens with one attached hydrogen (secondary N) is 1. The number of rotatable bonds is 3. The topological polar surface area (TPSA) is 57.5 Å². The maximum Gasteiger partial charge on any atom is 0.121 e. The van der Waals surface area contributed by atoms with E-state index in [0.717, 1.165) is 42.2 Å². The van der Waals surface area contributed by atoms with Crippen molar-refractivity contribution in [3.63, 3.8) is 0 Å². The minimum absolute atomic E-state index is 0.164. The van der Waals surface area contributed by atoms with Crippen molar-refractivity contribution < 1.29 is 5.11 Å². The fraction of sp³-hybridized carbons (Fsp3) is 0.294. The number of amidine groups is 1. The largest absolute Gasteiger partial charge is 0.508 e. The highest BCUT2D eigenvalue weighted by Crippen LogP contribution is 2.34. The number of hydrogen-bond donors (Lipinski definition) is 2. The van der Waals surface area contributed by atoms with Gasteiger partial charge in [0.2, 0.25) is 0 Å². The standard InChI is InChI=1S/C17H18ClN3O/c1-11-4-2-7-19-16(11)15(17-20-8-3-9-21-17)13-6-5-12(18)10-14(13)22/h2,4-7,10,15,22H,3,8-9H2,1H3,(H,20,21). The molecule has 0 saturated carbocycles. The summed E-state index contributed by atoms with van der Waals surface area (Å²) < 4.78 is 0. The van der Waals surface area contributed by atoms with Crippen LogP contribution in [0.3, 0.4) is 0 Å². The van der Waals surface area contributed by atoms with Crippen LogP contribution >= 0.6 is 11.6 Å². The van der Waals surface area contributed by atoms with E-state index in [0.29, 0.717) is 5.02 Å². The molecule has 114 valence electrons. The third-order valence-electron chi connectivity index (χ3n) is 3.82. The second-order valence-corrected chi connectivity index (χ2v) is 5.83. The Morgan fingerprint density at radius 1 is 1.32 bits per heavy atom. The summed E-state index contributed by atoms with van der Waals surface area (Å²) in [5, 5.41) is 14.2. The number of phenolic OH excluding ortho intramolecular Hbond substituents is 1. The molecule has 4 nitrogen and oxygen atoms in total. The van der Waals surface area contributed by atoms with Crippen molar-refractivity contribution in [3.05, 3.63) is 58.4 Å². The van der Waals surface area contributed by atoms with Gasteiger partial charge < -0.3 is 10.4 Å². The summed E-state index contributed by atoms with van der Waals surface area (Å²) in [6.07, 6.45) is 2.79. The van der Waals surface area contributed by atoms with E-state index >= 15 is 0 Å². The highest BCUT2D eigenvalue weighted by molar-refractivity contribution is 6.30. The fourth-order valence-electron chi connectivity index (χ4n) is 2.73. The number of aromatic nitrogens is 1. The second-order valence-electron chi connectivity index (χ2n) is 5.39. The van der Waals surface area contributed by atoms with Crippen LogP contribution in [0.25, 0.3) is 0 Å². The van der Waals surface area contributed by atoms with Gasteiger partial charge >= 0.3 is 0 Å². The lowest BCUT2D eigenvalue weighted by Gasteiger charge is -2.25. The van der Waals surface area contributed by atoms with Gasteiger partial charge in [-0.2, -0.15) is 0 Å². The molecular formula is C17H18ClN3O. The van der Waals surface area contributed by atoms with Crippen molar-refractivity contribution >= 4 is 17.4 Å². The van der Waals surface area contributed by atoms with Gasteiger partial charge in [-0.15, -0.1) is 0 Å². The van der Waals surface area contributed by atoms with Crippen LogP contribution in [0.15, 0.2) is 41.5 Å². The zero-order valence-electron chi connectivity index (χ0n) is 12.4. The smallest absolute Gasteiger partial charge is 0.121 e. The molecule has 0 saturated heterocycles. The molecule has 1 aromatic carbocycles. The third-order valence-corrected chi connectivity index (χ3v) is 4.06. The molecule has 2 aromatic rings. The first kappa shape index (κ1) is 14.9. The van der Waals surface area contributed by atoms with Gasteiger partial charge in [0.05, 0.1) is 11.6 Å². The first-order valence-corrected chi connectivity index (χ1v) is 7.73. The highest BCUT2D eigenvalue weighted by atomic mass is 35.5. The molecule has 2 N–H and O–H groups in total. The lowest BCUT2D eigenvalue weighted by Crippen LogP contribution is -2.35. The van der Waals surface area contributed by atoms with Gasteiger partial charge in [0.25, 0.3) is 0 Å². The van der Waals surface area contributed by atoms with Crippen LogP contribution < -0.4 is 5.32 Å². The molecule has 0 spiro atoms. The Bertz CT molecular complexity index is 715. The first-order valence-electron chi connectivity index (χ1n) is 7.35. The molecule has 1 unspecified atom stereocenters. The minimum Gasteiger partial charge on any atom is -0.508 e. The van der Waals surface area contributed by atoms with Crippen molar-refractivity contribution in [1.29, 1.82) is 0 Å². The summed E-state index contributed by atoms with van der Waals surface area (Å²) in [5.74, 6) is 0.807. The number of halogens is 1. The SMILES string of the molecule is Cc1cccnc1C(C1=NCCCN1)c1ccc(Cl)cc1O. The monoisotopic (exact) mass is 315 g/mol. The Labute approximate surface area is 134 Å².